The first-order valence-electron chi connectivity index (χ1n) is 6.15. The molecule has 2 aromatic carbocycles. The number of nitrogens with one attached hydrogen (secondary N) is 1. The van der Waals surface area contributed by atoms with E-state index in [-0.39, 0.29) is 5.78 Å². The zero-order valence-corrected chi connectivity index (χ0v) is 12.4. The minimum absolute atomic E-state index is 0.00571. The first kappa shape index (κ1) is 13.3. The van der Waals surface area contributed by atoms with Crippen LogP contribution < -0.4 is 0 Å². The molecule has 4 heteroatoms. The number of ketones is 1. The van der Waals surface area contributed by atoms with Crippen LogP contribution in [0, 0.1) is 0 Å². The van der Waals surface area contributed by atoms with Crippen LogP contribution in [0.25, 0.3) is 10.9 Å². The molecule has 0 aliphatic carbocycles. The molecule has 0 aliphatic rings. The maximum absolute atomic E-state index is 12.6. The Balaban J connectivity index is 2.06. The molecule has 3 rings (SSSR count). The highest BCUT2D eigenvalue weighted by molar-refractivity contribution is 7.98. The first-order valence-corrected chi connectivity index (χ1v) is 7.75. The van der Waals surface area contributed by atoms with Crippen molar-refractivity contribution in [1.29, 1.82) is 0 Å². The monoisotopic (exact) mass is 301 g/mol. The number of para-hydroxylation sites is 1. The highest BCUT2D eigenvalue weighted by atomic mass is 35.5. The van der Waals surface area contributed by atoms with E-state index in [1.165, 1.54) is 0 Å². The molecular formula is C16H12ClNOS. The molecule has 0 fully saturated rings. The van der Waals surface area contributed by atoms with E-state index >= 15 is 0 Å². The summed E-state index contributed by atoms with van der Waals surface area (Å²) in [5.41, 5.74) is 2.14. The van der Waals surface area contributed by atoms with Crippen LogP contribution in [0.15, 0.2) is 53.6 Å². The van der Waals surface area contributed by atoms with Gasteiger partial charge in [-0.15, -0.1) is 11.8 Å². The molecule has 0 saturated carbocycles. The fourth-order valence-electron chi connectivity index (χ4n) is 2.20. The van der Waals surface area contributed by atoms with E-state index in [9.17, 15) is 4.79 Å². The van der Waals surface area contributed by atoms with Crippen molar-refractivity contribution in [3.05, 3.63) is 64.8 Å². The second kappa shape index (κ2) is 5.35. The van der Waals surface area contributed by atoms with E-state index in [0.717, 1.165) is 15.8 Å². The van der Waals surface area contributed by atoms with Gasteiger partial charge >= 0.3 is 0 Å². The van der Waals surface area contributed by atoms with Gasteiger partial charge in [0.1, 0.15) is 0 Å². The van der Waals surface area contributed by atoms with Gasteiger partial charge in [-0.05, 0) is 36.6 Å². The number of benzene rings is 2. The number of rotatable bonds is 3. The second-order valence-corrected chi connectivity index (χ2v) is 5.71. The van der Waals surface area contributed by atoms with Crippen LogP contribution in [0.2, 0.25) is 5.02 Å². The van der Waals surface area contributed by atoms with Gasteiger partial charge in [-0.1, -0.05) is 23.7 Å². The molecule has 2 nitrogen and oxygen atoms in total. The van der Waals surface area contributed by atoms with Crippen molar-refractivity contribution in [3.8, 4) is 0 Å². The molecule has 0 amide bonds. The number of hydrogen-bond donors (Lipinski definition) is 1. The predicted molar refractivity (Wildman–Crippen MR) is 85.0 cm³/mol. The third-order valence-electron chi connectivity index (χ3n) is 3.26. The van der Waals surface area contributed by atoms with Crippen molar-refractivity contribution >= 4 is 40.0 Å². The lowest BCUT2D eigenvalue weighted by molar-refractivity contribution is 0.104. The Morgan fingerprint density at radius 3 is 2.60 bits per heavy atom. The average Bonchev–Trinajstić information content (AvgIpc) is 2.92. The Kier molecular flexibility index (Phi) is 3.55. The molecule has 1 N–H and O–H groups in total. The van der Waals surface area contributed by atoms with Gasteiger partial charge in [-0.25, -0.2) is 0 Å². The lowest BCUT2D eigenvalue weighted by Crippen LogP contribution is -1.99. The number of carbonyl (C=O) groups excluding carboxylic acids is 1. The van der Waals surface area contributed by atoms with Crippen LogP contribution in [-0.4, -0.2) is 17.0 Å². The van der Waals surface area contributed by atoms with Crippen molar-refractivity contribution in [2.45, 2.75) is 4.90 Å². The average molecular weight is 302 g/mol. The number of carbonyl (C=O) groups is 1. The Hall–Kier alpha value is -1.71. The summed E-state index contributed by atoms with van der Waals surface area (Å²) in [6, 6.07) is 13.2. The third kappa shape index (κ3) is 2.23. The first-order chi connectivity index (χ1) is 9.70. The Morgan fingerprint density at radius 2 is 1.90 bits per heavy atom. The van der Waals surface area contributed by atoms with Crippen molar-refractivity contribution in [2.75, 3.05) is 6.26 Å². The third-order valence-corrected chi connectivity index (χ3v) is 4.32. The molecule has 100 valence electrons. The molecule has 0 bridgehead atoms. The molecule has 0 spiro atoms. The molecule has 0 unspecified atom stereocenters. The van der Waals surface area contributed by atoms with Crippen LogP contribution in [0.4, 0.5) is 0 Å². The quantitative estimate of drug-likeness (QED) is 0.558. The summed E-state index contributed by atoms with van der Waals surface area (Å²) in [6.07, 6.45) is 3.74. The smallest absolute Gasteiger partial charge is 0.195 e. The van der Waals surface area contributed by atoms with Crippen LogP contribution >= 0.6 is 23.4 Å². The largest absolute Gasteiger partial charge is 0.359 e. The van der Waals surface area contributed by atoms with Gasteiger partial charge in [-0.3, -0.25) is 4.79 Å². The summed E-state index contributed by atoms with van der Waals surface area (Å²) in [7, 11) is 0. The van der Waals surface area contributed by atoms with Crippen molar-refractivity contribution in [3.63, 3.8) is 0 Å². The normalized spacial score (nSPS) is 10.9. The van der Waals surface area contributed by atoms with E-state index in [0.29, 0.717) is 16.1 Å². The van der Waals surface area contributed by atoms with Gasteiger partial charge in [0.2, 0.25) is 0 Å². The van der Waals surface area contributed by atoms with Crippen molar-refractivity contribution in [1.82, 2.24) is 4.98 Å². The minimum atomic E-state index is 0.00571. The topological polar surface area (TPSA) is 32.9 Å². The summed E-state index contributed by atoms with van der Waals surface area (Å²) in [6.45, 7) is 0. The van der Waals surface area contributed by atoms with E-state index in [1.54, 1.807) is 18.0 Å². The standard InChI is InChI=1S/C16H12ClNOS/c1-20-11-7-5-10(6-8-11)16(19)13-9-18-15-12(13)3-2-4-14(15)17/h2-9,18H,1H3. The Labute approximate surface area is 126 Å². The lowest BCUT2D eigenvalue weighted by Gasteiger charge is -2.01. The van der Waals surface area contributed by atoms with Crippen LogP contribution in [0.3, 0.4) is 0 Å². The van der Waals surface area contributed by atoms with Gasteiger partial charge in [0.25, 0.3) is 0 Å². The minimum Gasteiger partial charge on any atom is -0.359 e. The summed E-state index contributed by atoms with van der Waals surface area (Å²) in [5.74, 6) is 0.00571. The number of aromatic nitrogens is 1. The van der Waals surface area contributed by atoms with Crippen LogP contribution in [0.5, 0.6) is 0 Å². The molecule has 3 aromatic rings. The van der Waals surface area contributed by atoms with E-state index in [2.05, 4.69) is 4.98 Å². The maximum Gasteiger partial charge on any atom is 0.195 e. The Morgan fingerprint density at radius 1 is 1.15 bits per heavy atom. The lowest BCUT2D eigenvalue weighted by atomic mass is 10.0. The molecule has 0 saturated heterocycles. The van der Waals surface area contributed by atoms with Crippen LogP contribution in [-0.2, 0) is 0 Å². The zero-order chi connectivity index (χ0) is 14.1. The number of aromatic amines is 1. The number of thioether (sulfide) groups is 1. The molecule has 1 aromatic heterocycles. The van der Waals surface area contributed by atoms with E-state index in [1.807, 2.05) is 48.7 Å². The number of halogens is 1. The van der Waals surface area contributed by atoms with Gasteiger partial charge in [0.05, 0.1) is 10.5 Å². The van der Waals surface area contributed by atoms with Gasteiger partial charge in [-0.2, -0.15) is 0 Å². The van der Waals surface area contributed by atoms with Gasteiger partial charge in [0.15, 0.2) is 5.78 Å². The Bertz CT molecular complexity index is 777. The highest BCUT2D eigenvalue weighted by Gasteiger charge is 2.15. The molecule has 1 heterocycles. The number of H-pyrrole nitrogens is 1. The van der Waals surface area contributed by atoms with Gasteiger partial charge in [0, 0.05) is 27.6 Å². The maximum atomic E-state index is 12.6. The number of fused-ring (bicyclic) bond motifs is 1. The van der Waals surface area contributed by atoms with Crippen LogP contribution in [0.1, 0.15) is 15.9 Å². The summed E-state index contributed by atoms with van der Waals surface area (Å²) >= 11 is 7.77. The van der Waals surface area contributed by atoms with E-state index in [4.69, 9.17) is 11.6 Å². The number of hydrogen-bond acceptors (Lipinski definition) is 2. The summed E-state index contributed by atoms with van der Waals surface area (Å²) in [5, 5.41) is 1.48. The second-order valence-electron chi connectivity index (χ2n) is 4.42. The molecular weight excluding hydrogens is 290 g/mol. The summed E-state index contributed by atoms with van der Waals surface area (Å²) in [4.78, 5) is 16.8. The summed E-state index contributed by atoms with van der Waals surface area (Å²) < 4.78 is 0. The fraction of sp³-hybridized carbons (Fsp3) is 0.0625. The zero-order valence-electron chi connectivity index (χ0n) is 10.8. The van der Waals surface area contributed by atoms with Crippen molar-refractivity contribution < 1.29 is 4.79 Å². The molecule has 0 aliphatic heterocycles. The molecule has 20 heavy (non-hydrogen) atoms. The molecule has 0 atom stereocenters. The SMILES string of the molecule is CSc1ccc(C(=O)c2c[nH]c3c(Cl)cccc23)cc1. The van der Waals surface area contributed by atoms with Gasteiger partial charge < -0.3 is 4.98 Å². The predicted octanol–water partition coefficient (Wildman–Crippen LogP) is 4.77. The molecule has 0 radical (unpaired) electrons. The van der Waals surface area contributed by atoms with Crippen molar-refractivity contribution in [2.24, 2.45) is 0 Å². The van der Waals surface area contributed by atoms with E-state index < -0.39 is 0 Å². The highest BCUT2D eigenvalue weighted by Crippen LogP contribution is 2.27. The fourth-order valence-corrected chi connectivity index (χ4v) is 2.84.